The number of amides is 2. The number of carbonyl (C=O) groups excluding carboxylic acids is 1. The molecule has 1 unspecified atom stereocenters. The summed E-state index contributed by atoms with van der Waals surface area (Å²) in [5.41, 5.74) is 0. The molecule has 1 aliphatic rings. The van der Waals surface area contributed by atoms with Crippen LogP contribution in [0.2, 0.25) is 0 Å². The monoisotopic (exact) mass is 302 g/mol. The van der Waals surface area contributed by atoms with Crippen LogP contribution in [0.3, 0.4) is 0 Å². The van der Waals surface area contributed by atoms with Crippen molar-refractivity contribution in [1.29, 1.82) is 0 Å². The second-order valence-corrected chi connectivity index (χ2v) is 6.88. The Balaban J connectivity index is 2.04. The van der Waals surface area contributed by atoms with Crippen LogP contribution in [0.5, 0.6) is 0 Å². The number of furan rings is 1. The van der Waals surface area contributed by atoms with Gasteiger partial charge in [0.25, 0.3) is 0 Å². The fourth-order valence-electron chi connectivity index (χ4n) is 2.19. The van der Waals surface area contributed by atoms with Crippen LogP contribution in [0, 0.1) is 0 Å². The van der Waals surface area contributed by atoms with Gasteiger partial charge in [-0.25, -0.2) is 13.2 Å². The lowest BCUT2D eigenvalue weighted by Gasteiger charge is -2.27. The third-order valence-electron chi connectivity index (χ3n) is 3.20. The van der Waals surface area contributed by atoms with Gasteiger partial charge in [-0.2, -0.15) is 0 Å². The number of hydrogen-bond donors (Lipinski definition) is 1. The number of methoxy groups -OCH3 is 1. The zero-order valence-corrected chi connectivity index (χ0v) is 12.1. The van der Waals surface area contributed by atoms with Crippen LogP contribution < -0.4 is 5.32 Å². The van der Waals surface area contributed by atoms with Crippen molar-refractivity contribution in [3.05, 3.63) is 18.4 Å². The van der Waals surface area contributed by atoms with Crippen molar-refractivity contribution in [2.45, 2.75) is 12.5 Å². The average molecular weight is 302 g/mol. The molecule has 1 fully saturated rings. The number of carbonyl (C=O) groups is 1. The molecule has 0 saturated carbocycles. The summed E-state index contributed by atoms with van der Waals surface area (Å²) < 4.78 is 33.1. The molecule has 0 bridgehead atoms. The summed E-state index contributed by atoms with van der Waals surface area (Å²) in [5.74, 6) is 0.454. The molecular weight excluding hydrogens is 284 g/mol. The lowest BCUT2D eigenvalue weighted by Crippen LogP contribution is -2.45. The quantitative estimate of drug-likeness (QED) is 0.874. The normalized spacial score (nSPS) is 20.8. The van der Waals surface area contributed by atoms with E-state index in [4.69, 9.17) is 9.15 Å². The van der Waals surface area contributed by atoms with Crippen LogP contribution in [-0.2, 0) is 14.6 Å². The van der Waals surface area contributed by atoms with Gasteiger partial charge >= 0.3 is 6.03 Å². The molecule has 20 heavy (non-hydrogen) atoms. The van der Waals surface area contributed by atoms with Gasteiger partial charge in [0.05, 0.1) is 24.4 Å². The number of ether oxygens (including phenoxy) is 1. The molecule has 1 aliphatic heterocycles. The third kappa shape index (κ3) is 3.73. The largest absolute Gasteiger partial charge is 0.449 e. The highest BCUT2D eigenvalue weighted by Gasteiger charge is 2.34. The molecule has 1 N–H and O–H groups in total. The van der Waals surface area contributed by atoms with Crippen molar-refractivity contribution < 1.29 is 22.4 Å². The maximum atomic E-state index is 12.2. The molecule has 0 radical (unpaired) electrons. The van der Waals surface area contributed by atoms with Gasteiger partial charge in [-0.1, -0.05) is 0 Å². The Morgan fingerprint density at radius 3 is 2.95 bits per heavy atom. The summed E-state index contributed by atoms with van der Waals surface area (Å²) in [6.07, 6.45) is 1.91. The molecule has 2 rings (SSSR count). The fourth-order valence-corrected chi connectivity index (χ4v) is 3.92. The van der Waals surface area contributed by atoms with Crippen LogP contribution in [0.4, 0.5) is 10.7 Å². The second-order valence-electron chi connectivity index (χ2n) is 4.65. The molecule has 1 atom stereocenters. The Morgan fingerprint density at radius 2 is 2.40 bits per heavy atom. The van der Waals surface area contributed by atoms with Gasteiger partial charge in [-0.05, 0) is 12.5 Å². The second kappa shape index (κ2) is 6.27. The lowest BCUT2D eigenvalue weighted by molar-refractivity contribution is 0.140. The van der Waals surface area contributed by atoms with E-state index >= 15 is 0 Å². The maximum Gasteiger partial charge on any atom is 0.324 e. The van der Waals surface area contributed by atoms with Crippen molar-refractivity contribution in [1.82, 2.24) is 4.90 Å². The van der Waals surface area contributed by atoms with Crippen molar-refractivity contribution in [3.63, 3.8) is 0 Å². The standard InChI is InChI=1S/C12H18N2O5S/c1-18-7-5-14(10-4-8-20(16,17)9-10)12(15)13-11-3-2-6-19-11/h2-3,6,10H,4-5,7-9H2,1H3,(H,13,15). The van der Waals surface area contributed by atoms with Crippen molar-refractivity contribution in [2.75, 3.05) is 37.1 Å². The molecule has 0 aromatic carbocycles. The summed E-state index contributed by atoms with van der Waals surface area (Å²) in [4.78, 5) is 13.7. The highest BCUT2D eigenvalue weighted by Crippen LogP contribution is 2.19. The van der Waals surface area contributed by atoms with Gasteiger partial charge in [-0.3, -0.25) is 5.32 Å². The number of nitrogens with one attached hydrogen (secondary N) is 1. The minimum atomic E-state index is -3.05. The highest BCUT2D eigenvalue weighted by molar-refractivity contribution is 7.91. The first-order valence-electron chi connectivity index (χ1n) is 6.32. The summed E-state index contributed by atoms with van der Waals surface area (Å²) >= 11 is 0. The lowest BCUT2D eigenvalue weighted by atomic mass is 10.2. The Labute approximate surface area is 117 Å². The van der Waals surface area contributed by atoms with E-state index in [0.29, 0.717) is 25.5 Å². The van der Waals surface area contributed by atoms with Gasteiger partial charge in [0, 0.05) is 25.8 Å². The number of nitrogens with zero attached hydrogens (tertiary/aromatic N) is 1. The summed E-state index contributed by atoms with van der Waals surface area (Å²) in [5, 5.41) is 2.61. The first kappa shape index (κ1) is 14.9. The maximum absolute atomic E-state index is 12.2. The molecule has 2 heterocycles. The fraction of sp³-hybridized carbons (Fsp3) is 0.583. The molecule has 112 valence electrons. The SMILES string of the molecule is COCCN(C(=O)Nc1ccco1)C1CCS(=O)(=O)C1. The molecular formula is C12H18N2O5S. The Morgan fingerprint density at radius 1 is 1.60 bits per heavy atom. The van der Waals surface area contributed by atoms with E-state index in [2.05, 4.69) is 5.32 Å². The average Bonchev–Trinajstić information content (AvgIpc) is 3.00. The van der Waals surface area contributed by atoms with E-state index in [1.807, 2.05) is 0 Å². The number of anilines is 1. The number of rotatable bonds is 5. The van der Waals surface area contributed by atoms with Crippen LogP contribution in [0.1, 0.15) is 6.42 Å². The van der Waals surface area contributed by atoms with Crippen LogP contribution >= 0.6 is 0 Å². The van der Waals surface area contributed by atoms with E-state index in [1.54, 1.807) is 12.1 Å². The molecule has 0 aliphatic carbocycles. The summed E-state index contributed by atoms with van der Waals surface area (Å²) in [6, 6.07) is 2.59. The minimum Gasteiger partial charge on any atom is -0.449 e. The van der Waals surface area contributed by atoms with Gasteiger partial charge in [0.2, 0.25) is 5.88 Å². The molecule has 0 spiro atoms. The van der Waals surface area contributed by atoms with Crippen molar-refractivity contribution >= 4 is 21.8 Å². The van der Waals surface area contributed by atoms with Crippen LogP contribution in [0.25, 0.3) is 0 Å². The van der Waals surface area contributed by atoms with E-state index in [9.17, 15) is 13.2 Å². The third-order valence-corrected chi connectivity index (χ3v) is 4.95. The summed E-state index contributed by atoms with van der Waals surface area (Å²) in [6.45, 7) is 0.686. The predicted molar refractivity (Wildman–Crippen MR) is 73.4 cm³/mol. The zero-order chi connectivity index (χ0) is 14.6. The first-order chi connectivity index (χ1) is 9.52. The van der Waals surface area contributed by atoms with Crippen LogP contribution in [0.15, 0.2) is 22.8 Å². The highest BCUT2D eigenvalue weighted by atomic mass is 32.2. The van der Waals surface area contributed by atoms with E-state index in [0.717, 1.165) is 0 Å². The molecule has 1 aromatic rings. The van der Waals surface area contributed by atoms with Gasteiger partial charge in [-0.15, -0.1) is 0 Å². The molecule has 8 heteroatoms. The van der Waals surface area contributed by atoms with Gasteiger partial charge < -0.3 is 14.1 Å². The topological polar surface area (TPSA) is 88.8 Å². The summed E-state index contributed by atoms with van der Waals surface area (Å²) in [7, 11) is -1.51. The molecule has 1 saturated heterocycles. The molecule has 1 aromatic heterocycles. The van der Waals surface area contributed by atoms with Crippen molar-refractivity contribution in [2.24, 2.45) is 0 Å². The number of urea groups is 1. The Kier molecular flexibility index (Phi) is 4.66. The van der Waals surface area contributed by atoms with Crippen molar-refractivity contribution in [3.8, 4) is 0 Å². The Bertz CT molecular complexity index is 540. The van der Waals surface area contributed by atoms with Gasteiger partial charge in [0.15, 0.2) is 9.84 Å². The molecule has 2 amide bonds. The zero-order valence-electron chi connectivity index (χ0n) is 11.2. The van der Waals surface area contributed by atoms with E-state index in [1.165, 1.54) is 18.3 Å². The number of sulfone groups is 1. The smallest absolute Gasteiger partial charge is 0.324 e. The predicted octanol–water partition coefficient (Wildman–Crippen LogP) is 0.947. The van der Waals surface area contributed by atoms with Crippen LogP contribution in [-0.4, -0.2) is 57.2 Å². The first-order valence-corrected chi connectivity index (χ1v) is 8.14. The van der Waals surface area contributed by atoms with E-state index in [-0.39, 0.29) is 23.6 Å². The minimum absolute atomic E-state index is 0.00227. The molecule has 7 nitrogen and oxygen atoms in total. The number of hydrogen-bond acceptors (Lipinski definition) is 5. The Hall–Kier alpha value is -1.54. The van der Waals surface area contributed by atoms with Gasteiger partial charge in [0.1, 0.15) is 0 Å². The van der Waals surface area contributed by atoms with E-state index < -0.39 is 9.84 Å².